The number of amides is 1. The molecule has 0 saturated carbocycles. The Morgan fingerprint density at radius 1 is 1.25 bits per heavy atom. The van der Waals surface area contributed by atoms with Gasteiger partial charge in [-0.25, -0.2) is 5.84 Å². The van der Waals surface area contributed by atoms with Crippen molar-refractivity contribution in [1.82, 2.24) is 20.1 Å². The number of piperazine rings is 1. The number of carbonyl (C=O) groups excluding carboxylic acids is 1. The highest BCUT2D eigenvalue weighted by Gasteiger charge is 2.18. The molecule has 0 aromatic heterocycles. The molecular formula is C10H23N5O. The van der Waals surface area contributed by atoms with E-state index in [9.17, 15) is 4.79 Å². The second-order valence-electron chi connectivity index (χ2n) is 4.49. The molecule has 0 bridgehead atoms. The van der Waals surface area contributed by atoms with Crippen molar-refractivity contribution in [2.45, 2.75) is 0 Å². The van der Waals surface area contributed by atoms with Crippen molar-refractivity contribution in [2.75, 3.05) is 59.9 Å². The van der Waals surface area contributed by atoms with Gasteiger partial charge in [0, 0.05) is 39.3 Å². The Balaban J connectivity index is 2.16. The van der Waals surface area contributed by atoms with Gasteiger partial charge in [0.15, 0.2) is 0 Å². The van der Waals surface area contributed by atoms with Crippen LogP contribution in [-0.4, -0.2) is 80.5 Å². The fourth-order valence-corrected chi connectivity index (χ4v) is 1.76. The number of nitrogens with two attached hydrogens (primary N) is 1. The molecule has 1 amide bonds. The van der Waals surface area contributed by atoms with Crippen LogP contribution in [0.15, 0.2) is 0 Å². The monoisotopic (exact) mass is 229 g/mol. The topological polar surface area (TPSA) is 64.8 Å². The van der Waals surface area contributed by atoms with Gasteiger partial charge in [0.05, 0.1) is 6.54 Å². The molecule has 0 atom stereocenters. The summed E-state index contributed by atoms with van der Waals surface area (Å²) in [6.07, 6.45) is 0. The lowest BCUT2D eigenvalue weighted by Gasteiger charge is -2.34. The van der Waals surface area contributed by atoms with E-state index in [0.29, 0.717) is 6.54 Å². The summed E-state index contributed by atoms with van der Waals surface area (Å²) in [6, 6.07) is 0. The molecule has 16 heavy (non-hydrogen) atoms. The van der Waals surface area contributed by atoms with E-state index in [-0.39, 0.29) is 5.91 Å². The van der Waals surface area contributed by atoms with E-state index in [4.69, 9.17) is 5.84 Å². The molecule has 0 aromatic rings. The Morgan fingerprint density at radius 2 is 1.81 bits per heavy atom. The predicted molar refractivity (Wildman–Crippen MR) is 63.8 cm³/mol. The number of nitrogens with zero attached hydrogens (tertiary/aromatic N) is 3. The molecule has 0 unspecified atom stereocenters. The van der Waals surface area contributed by atoms with Gasteiger partial charge in [-0.2, -0.15) is 0 Å². The quantitative estimate of drug-likeness (QED) is 0.329. The van der Waals surface area contributed by atoms with Crippen LogP contribution in [0.1, 0.15) is 0 Å². The molecule has 0 aromatic carbocycles. The summed E-state index contributed by atoms with van der Waals surface area (Å²) >= 11 is 0. The van der Waals surface area contributed by atoms with Crippen LogP contribution in [0, 0.1) is 0 Å². The predicted octanol–water partition coefficient (Wildman–Crippen LogP) is -1.84. The van der Waals surface area contributed by atoms with Crippen LogP contribution in [0.25, 0.3) is 0 Å². The minimum atomic E-state index is -0.109. The van der Waals surface area contributed by atoms with Crippen LogP contribution >= 0.6 is 0 Å². The summed E-state index contributed by atoms with van der Waals surface area (Å²) in [5.74, 6) is 4.95. The normalized spacial score (nSPS) is 19.0. The molecule has 94 valence electrons. The third kappa shape index (κ3) is 4.89. The minimum absolute atomic E-state index is 0.109. The number of likely N-dealkylation sites (N-methyl/N-ethyl adjacent to an activating group) is 1. The van der Waals surface area contributed by atoms with E-state index in [1.165, 1.54) is 0 Å². The Kier molecular flexibility index (Phi) is 5.68. The molecule has 1 aliphatic rings. The first kappa shape index (κ1) is 13.4. The lowest BCUT2D eigenvalue weighted by molar-refractivity contribution is -0.122. The Morgan fingerprint density at radius 3 is 2.31 bits per heavy atom. The summed E-state index contributed by atoms with van der Waals surface area (Å²) < 4.78 is 0. The highest BCUT2D eigenvalue weighted by molar-refractivity contribution is 5.77. The van der Waals surface area contributed by atoms with Gasteiger partial charge in [0.1, 0.15) is 0 Å². The van der Waals surface area contributed by atoms with E-state index in [1.807, 2.05) is 0 Å². The summed E-state index contributed by atoms with van der Waals surface area (Å²) in [6.45, 7) is 6.56. The third-order valence-electron chi connectivity index (χ3n) is 2.86. The Labute approximate surface area is 97.3 Å². The number of hydrogen-bond acceptors (Lipinski definition) is 5. The van der Waals surface area contributed by atoms with Gasteiger partial charge >= 0.3 is 0 Å². The minimum Gasteiger partial charge on any atom is -0.308 e. The lowest BCUT2D eigenvalue weighted by Crippen LogP contribution is -2.51. The number of carbonyl (C=O) groups is 1. The average Bonchev–Trinajstić information content (AvgIpc) is 2.28. The molecule has 0 spiro atoms. The molecule has 3 N–H and O–H groups in total. The highest BCUT2D eigenvalue weighted by Crippen LogP contribution is 2.00. The summed E-state index contributed by atoms with van der Waals surface area (Å²) in [5.41, 5.74) is 2.16. The maximum absolute atomic E-state index is 11.1. The third-order valence-corrected chi connectivity index (χ3v) is 2.86. The lowest BCUT2D eigenvalue weighted by atomic mass is 10.3. The van der Waals surface area contributed by atoms with E-state index in [1.54, 1.807) is 0 Å². The summed E-state index contributed by atoms with van der Waals surface area (Å²) in [7, 11) is 4.17. The van der Waals surface area contributed by atoms with Crippen molar-refractivity contribution in [3.8, 4) is 0 Å². The van der Waals surface area contributed by atoms with E-state index in [2.05, 4.69) is 34.2 Å². The average molecular weight is 229 g/mol. The number of hydrazine groups is 1. The van der Waals surface area contributed by atoms with Crippen molar-refractivity contribution in [2.24, 2.45) is 5.84 Å². The van der Waals surface area contributed by atoms with Crippen molar-refractivity contribution >= 4 is 5.91 Å². The molecule has 0 radical (unpaired) electrons. The first-order chi connectivity index (χ1) is 7.61. The van der Waals surface area contributed by atoms with Gasteiger partial charge in [0.2, 0.25) is 5.91 Å². The van der Waals surface area contributed by atoms with Gasteiger partial charge in [0.25, 0.3) is 0 Å². The van der Waals surface area contributed by atoms with Gasteiger partial charge < -0.3 is 4.90 Å². The molecular weight excluding hydrogens is 206 g/mol. The highest BCUT2D eigenvalue weighted by atomic mass is 16.2. The molecule has 1 fully saturated rings. The van der Waals surface area contributed by atoms with Crippen LogP contribution in [0.5, 0.6) is 0 Å². The van der Waals surface area contributed by atoms with E-state index < -0.39 is 0 Å². The molecule has 0 aliphatic carbocycles. The summed E-state index contributed by atoms with van der Waals surface area (Å²) in [5, 5.41) is 0. The van der Waals surface area contributed by atoms with Gasteiger partial charge in [-0.1, -0.05) is 0 Å². The second kappa shape index (κ2) is 6.80. The van der Waals surface area contributed by atoms with Crippen LogP contribution in [0.4, 0.5) is 0 Å². The zero-order valence-corrected chi connectivity index (χ0v) is 10.3. The van der Waals surface area contributed by atoms with Crippen LogP contribution < -0.4 is 11.3 Å². The van der Waals surface area contributed by atoms with E-state index in [0.717, 1.165) is 39.3 Å². The van der Waals surface area contributed by atoms with Crippen molar-refractivity contribution in [3.05, 3.63) is 0 Å². The number of nitrogens with one attached hydrogen (secondary N) is 1. The smallest absolute Gasteiger partial charge is 0.248 e. The molecule has 6 heteroatoms. The van der Waals surface area contributed by atoms with Crippen LogP contribution in [0.2, 0.25) is 0 Å². The van der Waals surface area contributed by atoms with Crippen molar-refractivity contribution < 1.29 is 4.79 Å². The van der Waals surface area contributed by atoms with E-state index >= 15 is 0 Å². The fraction of sp³-hybridized carbons (Fsp3) is 0.900. The fourth-order valence-electron chi connectivity index (χ4n) is 1.76. The molecule has 1 heterocycles. The molecule has 1 aliphatic heterocycles. The number of hydrogen-bond donors (Lipinski definition) is 2. The van der Waals surface area contributed by atoms with Crippen molar-refractivity contribution in [3.63, 3.8) is 0 Å². The number of rotatable bonds is 5. The van der Waals surface area contributed by atoms with Crippen molar-refractivity contribution in [1.29, 1.82) is 0 Å². The zero-order chi connectivity index (χ0) is 12.0. The second-order valence-corrected chi connectivity index (χ2v) is 4.49. The van der Waals surface area contributed by atoms with Crippen LogP contribution in [-0.2, 0) is 4.79 Å². The zero-order valence-electron chi connectivity index (χ0n) is 10.3. The van der Waals surface area contributed by atoms with Gasteiger partial charge in [-0.3, -0.25) is 20.0 Å². The first-order valence-electron chi connectivity index (χ1n) is 5.70. The molecule has 6 nitrogen and oxygen atoms in total. The molecule has 1 saturated heterocycles. The molecule has 1 rings (SSSR count). The Bertz CT molecular complexity index is 213. The SMILES string of the molecule is CN(C)CCN1CCN(CC(=O)NN)CC1. The van der Waals surface area contributed by atoms with Crippen LogP contribution in [0.3, 0.4) is 0 Å². The van der Waals surface area contributed by atoms with Gasteiger partial charge in [-0.05, 0) is 14.1 Å². The maximum Gasteiger partial charge on any atom is 0.248 e. The summed E-state index contributed by atoms with van der Waals surface area (Å²) in [4.78, 5) is 17.8. The maximum atomic E-state index is 11.1. The largest absolute Gasteiger partial charge is 0.308 e. The first-order valence-corrected chi connectivity index (χ1v) is 5.70. The van der Waals surface area contributed by atoms with Gasteiger partial charge in [-0.15, -0.1) is 0 Å². The standard InChI is InChI=1S/C10H23N5O/c1-13(2)3-4-14-5-7-15(8-6-14)9-10(16)12-11/h3-9,11H2,1-2H3,(H,12,16). The Hall–Kier alpha value is -0.690.